The van der Waals surface area contributed by atoms with Gasteiger partial charge in [0.2, 0.25) is 0 Å². The minimum atomic E-state index is -0.0370. The Hall–Kier alpha value is -0.800. The van der Waals surface area contributed by atoms with E-state index in [9.17, 15) is 0 Å². The van der Waals surface area contributed by atoms with Gasteiger partial charge in [-0.3, -0.25) is 0 Å². The average Bonchev–Trinajstić information content (AvgIpc) is 2.88. The van der Waals surface area contributed by atoms with E-state index in [-0.39, 0.29) is 5.60 Å². The van der Waals surface area contributed by atoms with Crippen molar-refractivity contribution in [3.8, 4) is 0 Å². The maximum absolute atomic E-state index is 6.08. The van der Waals surface area contributed by atoms with Crippen LogP contribution in [0.1, 0.15) is 45.1 Å². The highest BCUT2D eigenvalue weighted by atomic mass is 16.5. The first kappa shape index (κ1) is 13.6. The molecular formula is C15H25NO2. The second kappa shape index (κ2) is 6.39. The zero-order chi connectivity index (χ0) is 12.8. The van der Waals surface area contributed by atoms with E-state index in [2.05, 4.69) is 19.2 Å². The maximum Gasteiger partial charge on any atom is 0.0935 e. The lowest BCUT2D eigenvalue weighted by Crippen LogP contribution is -2.53. The quantitative estimate of drug-likeness (QED) is 0.843. The Morgan fingerprint density at radius 1 is 1.44 bits per heavy atom. The van der Waals surface area contributed by atoms with Crippen LogP contribution < -0.4 is 5.32 Å². The summed E-state index contributed by atoms with van der Waals surface area (Å²) in [5.74, 6) is 0. The molecule has 2 atom stereocenters. The molecule has 0 aliphatic carbocycles. The fourth-order valence-corrected chi connectivity index (χ4v) is 2.70. The third-order valence-corrected chi connectivity index (χ3v) is 3.90. The van der Waals surface area contributed by atoms with Crippen molar-refractivity contribution in [3.05, 3.63) is 24.2 Å². The van der Waals surface area contributed by atoms with Gasteiger partial charge in [0.05, 0.1) is 18.1 Å². The minimum absolute atomic E-state index is 0.0370. The molecule has 1 aliphatic heterocycles. The molecule has 2 rings (SSSR count). The van der Waals surface area contributed by atoms with E-state index in [4.69, 9.17) is 9.15 Å². The Morgan fingerprint density at radius 2 is 2.33 bits per heavy atom. The van der Waals surface area contributed by atoms with Crippen LogP contribution in [0.15, 0.2) is 23.0 Å². The molecule has 3 heteroatoms. The van der Waals surface area contributed by atoms with E-state index >= 15 is 0 Å². The summed E-state index contributed by atoms with van der Waals surface area (Å²) in [6.45, 7) is 6.39. The van der Waals surface area contributed by atoms with E-state index in [1.165, 1.54) is 18.4 Å². The molecule has 2 heterocycles. The van der Waals surface area contributed by atoms with Crippen molar-refractivity contribution in [3.63, 3.8) is 0 Å². The highest BCUT2D eigenvalue weighted by Crippen LogP contribution is 2.29. The zero-order valence-corrected chi connectivity index (χ0v) is 11.6. The lowest BCUT2D eigenvalue weighted by molar-refractivity contribution is -0.0883. The summed E-state index contributed by atoms with van der Waals surface area (Å²) in [6.07, 6.45) is 9.33. The van der Waals surface area contributed by atoms with Crippen LogP contribution >= 0.6 is 0 Å². The van der Waals surface area contributed by atoms with Crippen LogP contribution in [0.4, 0.5) is 0 Å². The van der Waals surface area contributed by atoms with Crippen LogP contribution in [0.3, 0.4) is 0 Å². The molecule has 0 amide bonds. The first-order chi connectivity index (χ1) is 8.74. The molecule has 18 heavy (non-hydrogen) atoms. The molecule has 0 spiro atoms. The maximum atomic E-state index is 6.08. The van der Waals surface area contributed by atoms with Crippen molar-refractivity contribution in [2.45, 2.75) is 57.6 Å². The molecule has 1 aromatic rings. The van der Waals surface area contributed by atoms with Crippen LogP contribution in [-0.4, -0.2) is 24.8 Å². The summed E-state index contributed by atoms with van der Waals surface area (Å²) in [7, 11) is 0. The molecular weight excluding hydrogens is 226 g/mol. The molecule has 1 fully saturated rings. The van der Waals surface area contributed by atoms with Crippen LogP contribution in [0.25, 0.3) is 0 Å². The first-order valence-electron chi connectivity index (χ1n) is 7.13. The van der Waals surface area contributed by atoms with Gasteiger partial charge >= 0.3 is 0 Å². The van der Waals surface area contributed by atoms with Gasteiger partial charge in [-0.1, -0.05) is 6.92 Å². The normalized spacial score (nSPS) is 26.1. The van der Waals surface area contributed by atoms with E-state index in [1.807, 2.05) is 12.3 Å². The van der Waals surface area contributed by atoms with Gasteiger partial charge in [0, 0.05) is 12.6 Å². The highest BCUT2D eigenvalue weighted by Gasteiger charge is 2.36. The summed E-state index contributed by atoms with van der Waals surface area (Å²) >= 11 is 0. The van der Waals surface area contributed by atoms with Crippen LogP contribution in [-0.2, 0) is 11.2 Å². The second-order valence-corrected chi connectivity index (χ2v) is 5.46. The summed E-state index contributed by atoms with van der Waals surface area (Å²) < 4.78 is 11.3. The first-order valence-corrected chi connectivity index (χ1v) is 7.13. The average molecular weight is 251 g/mol. The molecule has 0 saturated carbocycles. The van der Waals surface area contributed by atoms with Crippen LogP contribution in [0.2, 0.25) is 0 Å². The lowest BCUT2D eigenvalue weighted by Gasteiger charge is -2.41. The van der Waals surface area contributed by atoms with Crippen LogP contribution in [0, 0.1) is 0 Å². The molecule has 0 bridgehead atoms. The number of hydrogen-bond donors (Lipinski definition) is 1. The van der Waals surface area contributed by atoms with Gasteiger partial charge in [-0.25, -0.2) is 0 Å². The predicted octanol–water partition coefficient (Wildman–Crippen LogP) is 3.15. The van der Waals surface area contributed by atoms with Crippen molar-refractivity contribution >= 4 is 0 Å². The predicted molar refractivity (Wildman–Crippen MR) is 72.7 cm³/mol. The largest absolute Gasteiger partial charge is 0.472 e. The van der Waals surface area contributed by atoms with Crippen molar-refractivity contribution in [2.24, 2.45) is 0 Å². The Bertz CT molecular complexity index is 328. The van der Waals surface area contributed by atoms with Gasteiger partial charge in [-0.05, 0) is 57.2 Å². The minimum Gasteiger partial charge on any atom is -0.472 e. The van der Waals surface area contributed by atoms with Gasteiger partial charge in [0.1, 0.15) is 0 Å². The Kier molecular flexibility index (Phi) is 4.84. The van der Waals surface area contributed by atoms with E-state index in [0.717, 1.165) is 32.4 Å². The summed E-state index contributed by atoms with van der Waals surface area (Å²) in [4.78, 5) is 0. The topological polar surface area (TPSA) is 34.4 Å². The monoisotopic (exact) mass is 251 g/mol. The zero-order valence-electron chi connectivity index (χ0n) is 11.6. The van der Waals surface area contributed by atoms with Gasteiger partial charge in [0.25, 0.3) is 0 Å². The van der Waals surface area contributed by atoms with Crippen molar-refractivity contribution in [2.75, 3.05) is 13.2 Å². The molecule has 0 aromatic carbocycles. The van der Waals surface area contributed by atoms with Crippen molar-refractivity contribution < 1.29 is 9.15 Å². The molecule has 1 N–H and O–H groups in total. The third-order valence-electron chi connectivity index (χ3n) is 3.90. The summed E-state index contributed by atoms with van der Waals surface area (Å²) in [6, 6.07) is 2.42. The fourth-order valence-electron chi connectivity index (χ4n) is 2.70. The van der Waals surface area contributed by atoms with Gasteiger partial charge in [0.15, 0.2) is 0 Å². The Balaban J connectivity index is 2.03. The lowest BCUT2D eigenvalue weighted by atomic mass is 9.85. The number of hydrogen-bond acceptors (Lipinski definition) is 3. The molecule has 3 nitrogen and oxygen atoms in total. The molecule has 1 aromatic heterocycles. The van der Waals surface area contributed by atoms with Gasteiger partial charge in [-0.15, -0.1) is 0 Å². The number of rotatable bonds is 6. The standard InChI is InChI=1S/C15H25NO2/c1-3-8-16-14(11-13-6-10-17-12-13)15(2)7-4-5-9-18-15/h6,10,12,14,16H,3-5,7-9,11H2,1-2H3. The van der Waals surface area contributed by atoms with Gasteiger partial charge in [-0.2, -0.15) is 0 Å². The van der Waals surface area contributed by atoms with Crippen molar-refractivity contribution in [1.29, 1.82) is 0 Å². The van der Waals surface area contributed by atoms with E-state index in [0.29, 0.717) is 6.04 Å². The van der Waals surface area contributed by atoms with E-state index in [1.54, 1.807) is 6.26 Å². The summed E-state index contributed by atoms with van der Waals surface area (Å²) in [5, 5.41) is 3.65. The molecule has 102 valence electrons. The van der Waals surface area contributed by atoms with Crippen molar-refractivity contribution in [1.82, 2.24) is 5.32 Å². The Morgan fingerprint density at radius 3 is 2.94 bits per heavy atom. The van der Waals surface area contributed by atoms with Gasteiger partial charge < -0.3 is 14.5 Å². The smallest absolute Gasteiger partial charge is 0.0935 e. The fraction of sp³-hybridized carbons (Fsp3) is 0.733. The Labute approximate surface area is 110 Å². The molecule has 0 radical (unpaired) electrons. The summed E-state index contributed by atoms with van der Waals surface area (Å²) in [5.41, 5.74) is 1.21. The number of ether oxygens (including phenoxy) is 1. The highest BCUT2D eigenvalue weighted by molar-refractivity contribution is 5.10. The number of furan rings is 1. The molecule has 1 saturated heterocycles. The number of nitrogens with one attached hydrogen (secondary N) is 1. The third kappa shape index (κ3) is 3.36. The van der Waals surface area contributed by atoms with E-state index < -0.39 is 0 Å². The second-order valence-electron chi connectivity index (χ2n) is 5.46. The molecule has 2 unspecified atom stereocenters. The van der Waals surface area contributed by atoms with Crippen LogP contribution in [0.5, 0.6) is 0 Å². The SMILES string of the molecule is CCCNC(Cc1ccoc1)C1(C)CCCCO1. The molecule has 1 aliphatic rings.